The summed E-state index contributed by atoms with van der Waals surface area (Å²) < 4.78 is 0. The number of nitrogens with zero attached hydrogens (tertiary/aromatic N) is 1. The Morgan fingerprint density at radius 1 is 1.16 bits per heavy atom. The average Bonchev–Trinajstić information content (AvgIpc) is 2.77. The van der Waals surface area contributed by atoms with Gasteiger partial charge in [0.2, 0.25) is 5.78 Å². The summed E-state index contributed by atoms with van der Waals surface area (Å²) in [6.07, 6.45) is 1.73. The van der Waals surface area contributed by atoms with E-state index in [0.717, 1.165) is 15.8 Å². The Bertz CT molecular complexity index is 749. The number of hydrogen-bond acceptors (Lipinski definition) is 3. The second kappa shape index (κ2) is 4.59. The van der Waals surface area contributed by atoms with Crippen LogP contribution in [0.5, 0.6) is 0 Å². The lowest BCUT2D eigenvalue weighted by atomic mass is 10.0. The molecule has 0 N–H and O–H groups in total. The first kappa shape index (κ1) is 12.1. The second-order valence-corrected chi connectivity index (χ2v) is 5.82. The van der Waals surface area contributed by atoms with Crippen molar-refractivity contribution in [3.8, 4) is 0 Å². The Morgan fingerprint density at radius 2 is 1.95 bits per heavy atom. The fourth-order valence-corrected chi connectivity index (χ4v) is 3.09. The average molecular weight is 267 g/mol. The number of ketones is 1. The molecule has 0 aliphatic rings. The lowest BCUT2D eigenvalue weighted by Crippen LogP contribution is -2.00. The quantitative estimate of drug-likeness (QED) is 0.653. The van der Waals surface area contributed by atoms with Crippen LogP contribution < -0.4 is 0 Å². The Labute approximate surface area is 115 Å². The molecule has 1 aromatic carbocycles. The topological polar surface area (TPSA) is 30.0 Å². The highest BCUT2D eigenvalue weighted by Gasteiger charge is 2.15. The molecule has 0 saturated carbocycles. The van der Waals surface area contributed by atoms with Gasteiger partial charge in [-0.05, 0) is 37.6 Å². The normalized spacial score (nSPS) is 10.8. The van der Waals surface area contributed by atoms with Gasteiger partial charge < -0.3 is 0 Å². The molecular weight excluding hydrogens is 254 g/mol. The van der Waals surface area contributed by atoms with Crippen molar-refractivity contribution in [3.05, 3.63) is 63.5 Å². The maximum absolute atomic E-state index is 12.6. The molecule has 3 heteroatoms. The van der Waals surface area contributed by atoms with Gasteiger partial charge in [-0.3, -0.25) is 9.78 Å². The van der Waals surface area contributed by atoms with Gasteiger partial charge in [0.05, 0.1) is 10.4 Å². The largest absolute Gasteiger partial charge is 0.288 e. The number of benzene rings is 1. The molecule has 2 heterocycles. The van der Waals surface area contributed by atoms with Gasteiger partial charge >= 0.3 is 0 Å². The Hall–Kier alpha value is -2.00. The van der Waals surface area contributed by atoms with Crippen molar-refractivity contribution in [2.75, 3.05) is 0 Å². The molecule has 2 nitrogen and oxygen atoms in total. The van der Waals surface area contributed by atoms with E-state index in [1.54, 1.807) is 17.5 Å². The van der Waals surface area contributed by atoms with E-state index in [1.807, 2.05) is 50.2 Å². The molecule has 19 heavy (non-hydrogen) atoms. The molecule has 3 aromatic rings. The van der Waals surface area contributed by atoms with Crippen LogP contribution in [0.2, 0.25) is 0 Å². The van der Waals surface area contributed by atoms with Gasteiger partial charge in [-0.1, -0.05) is 18.2 Å². The van der Waals surface area contributed by atoms with Gasteiger partial charge in [0.15, 0.2) is 0 Å². The number of rotatable bonds is 2. The highest BCUT2D eigenvalue weighted by atomic mass is 32.1. The van der Waals surface area contributed by atoms with E-state index in [9.17, 15) is 4.79 Å². The minimum atomic E-state index is 0.0606. The van der Waals surface area contributed by atoms with Crippen LogP contribution in [0.25, 0.3) is 10.9 Å². The molecule has 0 amide bonds. The standard InChI is InChI=1S/C16H13NOS/c1-10-9-14(19-11(10)2)16(18)13-7-3-5-12-6-4-8-17-15(12)13/h3-9H,1-2H3. The first-order chi connectivity index (χ1) is 9.16. The number of carbonyl (C=O) groups is 1. The van der Waals surface area contributed by atoms with Gasteiger partial charge in [-0.25, -0.2) is 0 Å². The molecular formula is C16H13NOS. The van der Waals surface area contributed by atoms with Crippen LogP contribution in [-0.2, 0) is 0 Å². The van der Waals surface area contributed by atoms with Crippen molar-refractivity contribution in [2.45, 2.75) is 13.8 Å². The minimum Gasteiger partial charge on any atom is -0.288 e. The van der Waals surface area contributed by atoms with E-state index in [1.165, 1.54) is 10.4 Å². The molecule has 0 fully saturated rings. The van der Waals surface area contributed by atoms with Gasteiger partial charge in [-0.2, -0.15) is 0 Å². The molecule has 0 aliphatic carbocycles. The SMILES string of the molecule is Cc1cc(C(=O)c2cccc3cccnc23)sc1C. The number of carbonyl (C=O) groups excluding carboxylic acids is 1. The molecule has 0 bridgehead atoms. The van der Waals surface area contributed by atoms with Crippen molar-refractivity contribution in [1.82, 2.24) is 4.98 Å². The monoisotopic (exact) mass is 267 g/mol. The Morgan fingerprint density at radius 3 is 2.68 bits per heavy atom. The number of fused-ring (bicyclic) bond motifs is 1. The summed E-state index contributed by atoms with van der Waals surface area (Å²) in [7, 11) is 0. The number of para-hydroxylation sites is 1. The number of pyridine rings is 1. The van der Waals surface area contributed by atoms with Crippen LogP contribution in [0.3, 0.4) is 0 Å². The third kappa shape index (κ3) is 2.06. The maximum Gasteiger partial charge on any atom is 0.205 e. The third-order valence-electron chi connectivity index (χ3n) is 3.27. The highest BCUT2D eigenvalue weighted by molar-refractivity contribution is 7.14. The van der Waals surface area contributed by atoms with Gasteiger partial charge in [0, 0.05) is 22.0 Å². The number of aryl methyl sites for hydroxylation is 2. The predicted molar refractivity (Wildman–Crippen MR) is 79.0 cm³/mol. The van der Waals surface area contributed by atoms with Gasteiger partial charge in [-0.15, -0.1) is 11.3 Å². The lowest BCUT2D eigenvalue weighted by molar-refractivity contribution is 0.104. The summed E-state index contributed by atoms with van der Waals surface area (Å²) in [6, 6.07) is 11.6. The van der Waals surface area contributed by atoms with Crippen molar-refractivity contribution >= 4 is 28.0 Å². The fraction of sp³-hybridized carbons (Fsp3) is 0.125. The predicted octanol–water partition coefficient (Wildman–Crippen LogP) is 4.14. The summed E-state index contributed by atoms with van der Waals surface area (Å²) in [4.78, 5) is 18.9. The molecule has 0 spiro atoms. The smallest absolute Gasteiger partial charge is 0.205 e. The zero-order valence-electron chi connectivity index (χ0n) is 10.8. The molecule has 0 atom stereocenters. The number of thiophene rings is 1. The highest BCUT2D eigenvalue weighted by Crippen LogP contribution is 2.25. The molecule has 0 aliphatic heterocycles. The van der Waals surface area contributed by atoms with Crippen LogP contribution in [-0.4, -0.2) is 10.8 Å². The van der Waals surface area contributed by atoms with Gasteiger partial charge in [0.25, 0.3) is 0 Å². The van der Waals surface area contributed by atoms with E-state index >= 15 is 0 Å². The van der Waals surface area contributed by atoms with Crippen molar-refractivity contribution in [3.63, 3.8) is 0 Å². The molecule has 0 saturated heterocycles. The number of aromatic nitrogens is 1. The summed E-state index contributed by atoms with van der Waals surface area (Å²) in [6.45, 7) is 4.07. The zero-order valence-corrected chi connectivity index (χ0v) is 11.6. The maximum atomic E-state index is 12.6. The van der Waals surface area contributed by atoms with Crippen LogP contribution in [0.1, 0.15) is 25.7 Å². The molecule has 94 valence electrons. The minimum absolute atomic E-state index is 0.0606. The summed E-state index contributed by atoms with van der Waals surface area (Å²) in [5.74, 6) is 0.0606. The van der Waals surface area contributed by atoms with Crippen molar-refractivity contribution < 1.29 is 4.79 Å². The van der Waals surface area contributed by atoms with E-state index in [2.05, 4.69) is 4.98 Å². The molecule has 3 rings (SSSR count). The van der Waals surface area contributed by atoms with E-state index in [-0.39, 0.29) is 5.78 Å². The van der Waals surface area contributed by atoms with Crippen molar-refractivity contribution in [1.29, 1.82) is 0 Å². The molecule has 0 unspecified atom stereocenters. The van der Waals surface area contributed by atoms with Gasteiger partial charge in [0.1, 0.15) is 0 Å². The van der Waals surface area contributed by atoms with Crippen molar-refractivity contribution in [2.24, 2.45) is 0 Å². The van der Waals surface area contributed by atoms with Crippen LogP contribution in [0, 0.1) is 13.8 Å². The van der Waals surface area contributed by atoms with Crippen LogP contribution in [0.15, 0.2) is 42.6 Å². The zero-order chi connectivity index (χ0) is 13.4. The first-order valence-electron chi connectivity index (χ1n) is 6.12. The summed E-state index contributed by atoms with van der Waals surface area (Å²) in [5.41, 5.74) is 2.62. The summed E-state index contributed by atoms with van der Waals surface area (Å²) in [5, 5.41) is 0.998. The lowest BCUT2D eigenvalue weighted by Gasteiger charge is -2.03. The Balaban J connectivity index is 2.16. The Kier molecular flexibility index (Phi) is 2.91. The fourth-order valence-electron chi connectivity index (χ4n) is 2.11. The third-order valence-corrected chi connectivity index (χ3v) is 4.42. The van der Waals surface area contributed by atoms with E-state index in [4.69, 9.17) is 0 Å². The summed E-state index contributed by atoms with van der Waals surface area (Å²) >= 11 is 1.55. The molecule has 2 aromatic heterocycles. The van der Waals surface area contributed by atoms with E-state index in [0.29, 0.717) is 5.56 Å². The van der Waals surface area contributed by atoms with Crippen LogP contribution in [0.4, 0.5) is 0 Å². The van der Waals surface area contributed by atoms with E-state index < -0.39 is 0 Å². The van der Waals surface area contributed by atoms with Crippen LogP contribution >= 0.6 is 11.3 Å². The number of hydrogen-bond donors (Lipinski definition) is 0. The molecule has 0 radical (unpaired) electrons. The second-order valence-electron chi connectivity index (χ2n) is 4.56. The first-order valence-corrected chi connectivity index (χ1v) is 6.94.